The lowest BCUT2D eigenvalue weighted by Crippen LogP contribution is -2.43. The number of benzene rings is 1. The molecule has 1 N–H and O–H groups in total. The van der Waals surface area contributed by atoms with E-state index in [1.807, 2.05) is 12.1 Å². The fourth-order valence-corrected chi connectivity index (χ4v) is 5.48. The molecule has 3 rings (SSSR count). The Kier molecular flexibility index (Phi) is 5.19. The Morgan fingerprint density at radius 2 is 1.62 bits per heavy atom. The summed E-state index contributed by atoms with van der Waals surface area (Å²) in [5.41, 5.74) is 1.25. The summed E-state index contributed by atoms with van der Waals surface area (Å²) in [5.74, 6) is 0.121. The van der Waals surface area contributed by atoms with Crippen molar-refractivity contribution in [1.82, 2.24) is 9.62 Å². The van der Waals surface area contributed by atoms with Crippen molar-refractivity contribution in [2.24, 2.45) is 5.41 Å². The molecule has 0 unspecified atom stereocenters. The van der Waals surface area contributed by atoms with Gasteiger partial charge >= 0.3 is 0 Å². The summed E-state index contributed by atoms with van der Waals surface area (Å²) in [6.45, 7) is 8.14. The predicted molar refractivity (Wildman–Crippen MR) is 102 cm³/mol. The zero-order chi connectivity index (χ0) is 19.0. The van der Waals surface area contributed by atoms with E-state index in [9.17, 15) is 13.2 Å². The van der Waals surface area contributed by atoms with Gasteiger partial charge in [-0.05, 0) is 54.2 Å². The van der Waals surface area contributed by atoms with Crippen molar-refractivity contribution >= 4 is 15.9 Å². The Balaban J connectivity index is 1.71. The Labute approximate surface area is 157 Å². The van der Waals surface area contributed by atoms with Crippen LogP contribution in [0.2, 0.25) is 0 Å². The van der Waals surface area contributed by atoms with Gasteiger partial charge in [-0.3, -0.25) is 4.79 Å². The van der Waals surface area contributed by atoms with Gasteiger partial charge in [0.15, 0.2) is 0 Å². The molecule has 1 amide bonds. The van der Waals surface area contributed by atoms with Crippen LogP contribution in [-0.2, 0) is 20.2 Å². The normalized spacial score (nSPS) is 22.0. The lowest BCUT2D eigenvalue weighted by molar-refractivity contribution is -0.120. The molecule has 6 heteroatoms. The topological polar surface area (TPSA) is 66.5 Å². The summed E-state index contributed by atoms with van der Waals surface area (Å²) >= 11 is 0. The molecule has 0 radical (unpaired) electrons. The van der Waals surface area contributed by atoms with Crippen LogP contribution in [0.3, 0.4) is 0 Å². The number of piperidine rings is 1. The molecule has 1 spiro atoms. The number of hydrogen-bond acceptors (Lipinski definition) is 3. The minimum atomic E-state index is -3.45. The van der Waals surface area contributed by atoms with Gasteiger partial charge in [0.1, 0.15) is 0 Å². The minimum Gasteiger partial charge on any atom is -0.356 e. The van der Waals surface area contributed by atoms with Gasteiger partial charge in [0.25, 0.3) is 0 Å². The van der Waals surface area contributed by atoms with E-state index in [1.165, 1.54) is 0 Å². The molecule has 1 aromatic rings. The van der Waals surface area contributed by atoms with E-state index in [-0.39, 0.29) is 16.7 Å². The van der Waals surface area contributed by atoms with E-state index < -0.39 is 10.0 Å². The van der Waals surface area contributed by atoms with Crippen molar-refractivity contribution in [3.63, 3.8) is 0 Å². The SMILES string of the molecule is CC(C)(C)c1ccc(S(=O)(=O)N2CCC3(CCNC(=O)CC3)CC2)cc1. The minimum absolute atomic E-state index is 0.00472. The molecule has 2 saturated heterocycles. The first kappa shape index (κ1) is 19.4. The maximum absolute atomic E-state index is 13.0. The maximum Gasteiger partial charge on any atom is 0.243 e. The number of hydrogen-bond donors (Lipinski definition) is 1. The zero-order valence-electron chi connectivity index (χ0n) is 16.0. The third-order valence-electron chi connectivity index (χ3n) is 6.00. The second kappa shape index (κ2) is 6.97. The van der Waals surface area contributed by atoms with Gasteiger partial charge in [-0.1, -0.05) is 32.9 Å². The number of nitrogens with zero attached hydrogens (tertiary/aromatic N) is 1. The third-order valence-corrected chi connectivity index (χ3v) is 7.91. The van der Waals surface area contributed by atoms with Crippen molar-refractivity contribution in [2.45, 2.75) is 63.2 Å². The van der Waals surface area contributed by atoms with Gasteiger partial charge in [0.05, 0.1) is 4.90 Å². The van der Waals surface area contributed by atoms with Crippen LogP contribution in [0.5, 0.6) is 0 Å². The molecule has 26 heavy (non-hydrogen) atoms. The lowest BCUT2D eigenvalue weighted by Gasteiger charge is -2.40. The molecule has 0 aromatic heterocycles. The molecule has 2 aliphatic rings. The predicted octanol–water partition coefficient (Wildman–Crippen LogP) is 3.06. The molecular weight excluding hydrogens is 348 g/mol. The number of sulfonamides is 1. The molecule has 5 nitrogen and oxygen atoms in total. The van der Waals surface area contributed by atoms with E-state index in [4.69, 9.17) is 0 Å². The highest BCUT2D eigenvalue weighted by Gasteiger charge is 2.39. The van der Waals surface area contributed by atoms with Gasteiger partial charge in [-0.25, -0.2) is 8.42 Å². The van der Waals surface area contributed by atoms with Gasteiger partial charge in [0.2, 0.25) is 15.9 Å². The average Bonchev–Trinajstić information content (AvgIpc) is 2.77. The van der Waals surface area contributed by atoms with E-state index in [2.05, 4.69) is 26.1 Å². The molecule has 2 heterocycles. The lowest BCUT2D eigenvalue weighted by atomic mass is 9.73. The second-order valence-electron chi connectivity index (χ2n) is 8.78. The highest BCUT2D eigenvalue weighted by atomic mass is 32.2. The Hall–Kier alpha value is -1.40. The Morgan fingerprint density at radius 3 is 2.19 bits per heavy atom. The van der Waals surface area contributed by atoms with Crippen molar-refractivity contribution < 1.29 is 13.2 Å². The van der Waals surface area contributed by atoms with Crippen LogP contribution in [0, 0.1) is 5.41 Å². The van der Waals surface area contributed by atoms with Crippen LogP contribution in [0.15, 0.2) is 29.2 Å². The first-order valence-electron chi connectivity index (χ1n) is 9.50. The summed E-state index contributed by atoms with van der Waals surface area (Å²) in [6, 6.07) is 7.30. The number of nitrogens with one attached hydrogen (secondary N) is 1. The fourth-order valence-electron chi connectivity index (χ4n) is 4.04. The molecule has 0 atom stereocenters. The number of carbonyl (C=O) groups is 1. The standard InChI is InChI=1S/C20H30N2O3S/c1-19(2,3)16-4-6-17(7-5-16)26(24,25)22-14-11-20(12-15-22)9-8-18(23)21-13-10-20/h4-7H,8-15H2,1-3H3,(H,21,23). The summed E-state index contributed by atoms with van der Waals surface area (Å²) in [4.78, 5) is 12.0. The van der Waals surface area contributed by atoms with Crippen LogP contribution in [0.1, 0.15) is 58.4 Å². The van der Waals surface area contributed by atoms with E-state index in [0.29, 0.717) is 31.0 Å². The summed E-state index contributed by atoms with van der Waals surface area (Å²) in [6.07, 6.45) is 4.05. The van der Waals surface area contributed by atoms with E-state index >= 15 is 0 Å². The first-order valence-corrected chi connectivity index (χ1v) is 10.9. The molecule has 2 aliphatic heterocycles. The molecule has 1 aromatic carbocycles. The third kappa shape index (κ3) is 3.96. The largest absolute Gasteiger partial charge is 0.356 e. The van der Waals surface area contributed by atoms with Crippen LogP contribution in [0.4, 0.5) is 0 Å². The molecule has 2 fully saturated rings. The number of rotatable bonds is 2. The second-order valence-corrected chi connectivity index (χ2v) is 10.7. The van der Waals surface area contributed by atoms with Crippen LogP contribution in [0.25, 0.3) is 0 Å². The van der Waals surface area contributed by atoms with Crippen LogP contribution >= 0.6 is 0 Å². The van der Waals surface area contributed by atoms with Crippen LogP contribution in [-0.4, -0.2) is 38.3 Å². The van der Waals surface area contributed by atoms with Crippen molar-refractivity contribution in [2.75, 3.05) is 19.6 Å². The monoisotopic (exact) mass is 378 g/mol. The van der Waals surface area contributed by atoms with Gasteiger partial charge in [-0.15, -0.1) is 0 Å². The quantitative estimate of drug-likeness (QED) is 0.860. The van der Waals surface area contributed by atoms with E-state index in [1.54, 1.807) is 16.4 Å². The molecule has 0 aliphatic carbocycles. The van der Waals surface area contributed by atoms with Crippen molar-refractivity contribution in [1.29, 1.82) is 0 Å². The zero-order valence-corrected chi connectivity index (χ0v) is 16.9. The maximum atomic E-state index is 13.0. The Morgan fingerprint density at radius 1 is 1.00 bits per heavy atom. The molecular formula is C20H30N2O3S. The van der Waals surface area contributed by atoms with Crippen molar-refractivity contribution in [3.05, 3.63) is 29.8 Å². The van der Waals surface area contributed by atoms with Gasteiger partial charge < -0.3 is 5.32 Å². The Bertz CT molecular complexity index is 755. The van der Waals surface area contributed by atoms with E-state index in [0.717, 1.165) is 31.2 Å². The summed E-state index contributed by atoms with van der Waals surface area (Å²) in [7, 11) is -3.45. The molecule has 144 valence electrons. The summed E-state index contributed by atoms with van der Waals surface area (Å²) < 4.78 is 27.6. The van der Waals surface area contributed by atoms with Gasteiger partial charge in [-0.2, -0.15) is 4.31 Å². The number of amides is 1. The highest BCUT2D eigenvalue weighted by Crippen LogP contribution is 2.41. The fraction of sp³-hybridized carbons (Fsp3) is 0.650. The average molecular weight is 379 g/mol. The smallest absolute Gasteiger partial charge is 0.243 e. The number of carbonyl (C=O) groups excluding carboxylic acids is 1. The van der Waals surface area contributed by atoms with Crippen molar-refractivity contribution in [3.8, 4) is 0 Å². The van der Waals surface area contributed by atoms with Crippen LogP contribution < -0.4 is 5.32 Å². The highest BCUT2D eigenvalue weighted by molar-refractivity contribution is 7.89. The molecule has 0 saturated carbocycles. The first-order chi connectivity index (χ1) is 12.1. The summed E-state index contributed by atoms with van der Waals surface area (Å²) in [5, 5.41) is 2.93. The molecule has 0 bridgehead atoms. The van der Waals surface area contributed by atoms with Gasteiger partial charge in [0, 0.05) is 26.1 Å².